The summed E-state index contributed by atoms with van der Waals surface area (Å²) >= 11 is 0. The van der Waals surface area contributed by atoms with Crippen molar-refractivity contribution < 1.29 is 4.74 Å². The lowest BCUT2D eigenvalue weighted by Crippen LogP contribution is -2.51. The molecular formula is C18H26N2O. The predicted octanol–water partition coefficient (Wildman–Crippen LogP) is 2.63. The summed E-state index contributed by atoms with van der Waals surface area (Å²) in [5.74, 6) is 1.67. The van der Waals surface area contributed by atoms with Crippen LogP contribution in [0.5, 0.6) is 5.75 Å². The first-order valence-corrected chi connectivity index (χ1v) is 8.50. The second kappa shape index (κ2) is 5.62. The van der Waals surface area contributed by atoms with E-state index in [1.807, 2.05) is 0 Å². The minimum absolute atomic E-state index is 0.551. The lowest BCUT2D eigenvalue weighted by Gasteiger charge is -2.46. The summed E-state index contributed by atoms with van der Waals surface area (Å²) in [5, 5.41) is 3.62. The molecule has 3 heteroatoms. The topological polar surface area (TPSA) is 24.5 Å². The number of likely N-dealkylation sites (tertiary alicyclic amines) is 1. The lowest BCUT2D eigenvalue weighted by molar-refractivity contribution is 0.0593. The molecule has 0 saturated carbocycles. The van der Waals surface area contributed by atoms with Crippen LogP contribution < -0.4 is 10.1 Å². The van der Waals surface area contributed by atoms with Crippen molar-refractivity contribution in [2.75, 3.05) is 39.3 Å². The number of ether oxygens (including phenoxy) is 1. The zero-order valence-corrected chi connectivity index (χ0v) is 12.8. The molecule has 0 bridgehead atoms. The molecule has 3 heterocycles. The maximum Gasteiger partial charge on any atom is 0.122 e. The number of piperidine rings is 2. The average Bonchev–Trinajstić information content (AvgIpc) is 2.92. The Bertz CT molecular complexity index is 490. The van der Waals surface area contributed by atoms with Crippen molar-refractivity contribution in [1.29, 1.82) is 0 Å². The summed E-state index contributed by atoms with van der Waals surface area (Å²) in [6, 6.07) is 8.57. The average molecular weight is 286 g/mol. The fourth-order valence-electron chi connectivity index (χ4n) is 4.54. The van der Waals surface area contributed by atoms with Crippen LogP contribution in [0.15, 0.2) is 24.3 Å². The fourth-order valence-corrected chi connectivity index (χ4v) is 4.54. The molecule has 0 radical (unpaired) electrons. The van der Waals surface area contributed by atoms with E-state index in [9.17, 15) is 0 Å². The maximum absolute atomic E-state index is 5.85. The molecule has 21 heavy (non-hydrogen) atoms. The molecule has 4 rings (SSSR count). The Morgan fingerprint density at radius 1 is 1.24 bits per heavy atom. The Morgan fingerprint density at radius 3 is 3.05 bits per heavy atom. The van der Waals surface area contributed by atoms with Gasteiger partial charge in [-0.1, -0.05) is 18.2 Å². The molecule has 1 N–H and O–H groups in total. The van der Waals surface area contributed by atoms with Gasteiger partial charge < -0.3 is 15.0 Å². The van der Waals surface area contributed by atoms with Crippen molar-refractivity contribution in [3.05, 3.63) is 29.8 Å². The van der Waals surface area contributed by atoms with E-state index in [0.717, 1.165) is 12.4 Å². The molecule has 2 atom stereocenters. The number of nitrogens with zero attached hydrogens (tertiary/aromatic N) is 1. The van der Waals surface area contributed by atoms with Crippen LogP contribution in [0.4, 0.5) is 0 Å². The molecule has 1 aromatic rings. The highest BCUT2D eigenvalue weighted by Crippen LogP contribution is 2.38. The molecule has 2 fully saturated rings. The Kier molecular flexibility index (Phi) is 3.64. The van der Waals surface area contributed by atoms with E-state index in [4.69, 9.17) is 4.74 Å². The molecule has 2 saturated heterocycles. The zero-order valence-electron chi connectivity index (χ0n) is 12.8. The molecule has 1 aromatic carbocycles. The first-order chi connectivity index (χ1) is 10.3. The van der Waals surface area contributed by atoms with Crippen molar-refractivity contribution in [1.82, 2.24) is 10.2 Å². The number of para-hydroxylation sites is 1. The molecule has 1 spiro atoms. The highest BCUT2D eigenvalue weighted by atomic mass is 16.5. The maximum atomic E-state index is 5.85. The van der Waals surface area contributed by atoms with Gasteiger partial charge in [0.05, 0.1) is 6.61 Å². The standard InChI is InChI=1S/C18H26N2O/c1-2-6-17-16(5-1)15(12-21-17)11-20-10-4-8-18(14-20)7-3-9-19-13-18/h1-2,5-6,15,19H,3-4,7-14H2. The zero-order chi connectivity index (χ0) is 14.1. The predicted molar refractivity (Wildman–Crippen MR) is 84.9 cm³/mol. The summed E-state index contributed by atoms with van der Waals surface area (Å²) in [5.41, 5.74) is 1.97. The minimum atomic E-state index is 0.551. The third-order valence-corrected chi connectivity index (χ3v) is 5.58. The molecule has 0 amide bonds. The van der Waals surface area contributed by atoms with Crippen molar-refractivity contribution in [2.45, 2.75) is 31.6 Å². The minimum Gasteiger partial charge on any atom is -0.493 e. The van der Waals surface area contributed by atoms with Gasteiger partial charge >= 0.3 is 0 Å². The summed E-state index contributed by atoms with van der Waals surface area (Å²) in [4.78, 5) is 2.70. The smallest absolute Gasteiger partial charge is 0.122 e. The molecule has 0 aromatic heterocycles. The SMILES string of the molecule is c1ccc2c(c1)OCC2CN1CCCC2(CCCNC2)C1. The number of fused-ring (bicyclic) bond motifs is 1. The number of hydrogen-bond donors (Lipinski definition) is 1. The van der Waals surface area contributed by atoms with E-state index in [1.54, 1.807) is 0 Å². The van der Waals surface area contributed by atoms with Crippen LogP contribution in [0.1, 0.15) is 37.2 Å². The van der Waals surface area contributed by atoms with E-state index in [-0.39, 0.29) is 0 Å². The van der Waals surface area contributed by atoms with Gasteiger partial charge in [-0.15, -0.1) is 0 Å². The molecule has 3 aliphatic heterocycles. The van der Waals surface area contributed by atoms with Crippen LogP contribution >= 0.6 is 0 Å². The van der Waals surface area contributed by atoms with Crippen LogP contribution in [0.3, 0.4) is 0 Å². The number of nitrogens with one attached hydrogen (secondary N) is 1. The highest BCUT2D eigenvalue weighted by molar-refractivity contribution is 5.39. The summed E-state index contributed by atoms with van der Waals surface area (Å²) in [6.07, 6.45) is 5.53. The van der Waals surface area contributed by atoms with Gasteiger partial charge in [0.2, 0.25) is 0 Å². The van der Waals surface area contributed by atoms with E-state index in [2.05, 4.69) is 34.5 Å². The van der Waals surface area contributed by atoms with E-state index in [1.165, 1.54) is 64.0 Å². The summed E-state index contributed by atoms with van der Waals surface area (Å²) in [6.45, 7) is 7.01. The normalized spacial score (nSPS) is 32.9. The third kappa shape index (κ3) is 2.69. The fraction of sp³-hybridized carbons (Fsp3) is 0.667. The van der Waals surface area contributed by atoms with Gasteiger partial charge in [0.15, 0.2) is 0 Å². The van der Waals surface area contributed by atoms with Crippen molar-refractivity contribution in [3.8, 4) is 5.75 Å². The Balaban J connectivity index is 1.43. The third-order valence-electron chi connectivity index (χ3n) is 5.58. The Labute approximate surface area is 127 Å². The number of rotatable bonds is 2. The summed E-state index contributed by atoms with van der Waals surface area (Å²) in [7, 11) is 0. The van der Waals surface area contributed by atoms with Crippen LogP contribution in [0, 0.1) is 5.41 Å². The Morgan fingerprint density at radius 2 is 2.14 bits per heavy atom. The van der Waals surface area contributed by atoms with Crippen LogP contribution in [0.25, 0.3) is 0 Å². The van der Waals surface area contributed by atoms with Crippen LogP contribution in [-0.4, -0.2) is 44.2 Å². The van der Waals surface area contributed by atoms with E-state index in [0.29, 0.717) is 11.3 Å². The molecule has 3 nitrogen and oxygen atoms in total. The van der Waals surface area contributed by atoms with E-state index < -0.39 is 0 Å². The van der Waals surface area contributed by atoms with Gasteiger partial charge in [-0.25, -0.2) is 0 Å². The molecule has 114 valence electrons. The van der Waals surface area contributed by atoms with Crippen molar-refractivity contribution in [3.63, 3.8) is 0 Å². The van der Waals surface area contributed by atoms with Gasteiger partial charge in [-0.05, 0) is 50.3 Å². The van der Waals surface area contributed by atoms with Crippen molar-refractivity contribution in [2.24, 2.45) is 5.41 Å². The lowest BCUT2D eigenvalue weighted by atomic mass is 9.74. The first kappa shape index (κ1) is 13.6. The van der Waals surface area contributed by atoms with Gasteiger partial charge in [-0.2, -0.15) is 0 Å². The Hall–Kier alpha value is -1.06. The molecular weight excluding hydrogens is 260 g/mol. The molecule has 3 aliphatic rings. The van der Waals surface area contributed by atoms with Crippen LogP contribution in [0.2, 0.25) is 0 Å². The summed E-state index contributed by atoms with van der Waals surface area (Å²) < 4.78 is 5.85. The van der Waals surface area contributed by atoms with Gasteiger partial charge in [0, 0.05) is 31.1 Å². The van der Waals surface area contributed by atoms with Gasteiger partial charge in [-0.3, -0.25) is 0 Å². The number of benzene rings is 1. The van der Waals surface area contributed by atoms with E-state index >= 15 is 0 Å². The van der Waals surface area contributed by atoms with Crippen LogP contribution in [-0.2, 0) is 0 Å². The molecule has 0 aliphatic carbocycles. The largest absolute Gasteiger partial charge is 0.493 e. The second-order valence-electron chi connectivity index (χ2n) is 7.16. The van der Waals surface area contributed by atoms with Gasteiger partial charge in [0.25, 0.3) is 0 Å². The quantitative estimate of drug-likeness (QED) is 0.904. The first-order valence-electron chi connectivity index (χ1n) is 8.50. The van der Waals surface area contributed by atoms with Crippen molar-refractivity contribution >= 4 is 0 Å². The highest BCUT2D eigenvalue weighted by Gasteiger charge is 2.37. The van der Waals surface area contributed by atoms with Gasteiger partial charge in [0.1, 0.15) is 5.75 Å². The monoisotopic (exact) mass is 286 g/mol. The molecule has 2 unspecified atom stereocenters. The number of hydrogen-bond acceptors (Lipinski definition) is 3. The second-order valence-corrected chi connectivity index (χ2v) is 7.16.